The molecule has 24 heavy (non-hydrogen) atoms. The van der Waals surface area contributed by atoms with Crippen LogP contribution >= 0.6 is 0 Å². The molecule has 1 aromatic heterocycles. The molecule has 128 valence electrons. The summed E-state index contributed by atoms with van der Waals surface area (Å²) >= 11 is 0. The van der Waals surface area contributed by atoms with Gasteiger partial charge in [-0.2, -0.15) is 0 Å². The average Bonchev–Trinajstić information content (AvgIpc) is 2.97. The van der Waals surface area contributed by atoms with Gasteiger partial charge in [0.2, 0.25) is 0 Å². The minimum Gasteiger partial charge on any atom is -0.486 e. The predicted molar refractivity (Wildman–Crippen MR) is 85.5 cm³/mol. The number of carbonyl (C=O) groups excluding carboxylic acids is 1. The van der Waals surface area contributed by atoms with Gasteiger partial charge < -0.3 is 14.4 Å². The highest BCUT2D eigenvalue weighted by atomic mass is 16.5. The van der Waals surface area contributed by atoms with Crippen molar-refractivity contribution in [2.45, 2.75) is 32.7 Å². The number of nitrogens with zero attached hydrogens (tertiary/aromatic N) is 5. The van der Waals surface area contributed by atoms with Gasteiger partial charge in [-0.25, -0.2) is 4.68 Å². The van der Waals surface area contributed by atoms with Crippen LogP contribution in [0.2, 0.25) is 0 Å². The monoisotopic (exact) mass is 331 g/mol. The van der Waals surface area contributed by atoms with E-state index < -0.39 is 0 Å². The summed E-state index contributed by atoms with van der Waals surface area (Å²) in [6.45, 7) is 5.46. The first kappa shape index (κ1) is 16.4. The molecular weight excluding hydrogens is 310 g/mol. The summed E-state index contributed by atoms with van der Waals surface area (Å²) in [5, 5.41) is 11.2. The van der Waals surface area contributed by atoms with E-state index in [1.807, 2.05) is 18.7 Å². The van der Waals surface area contributed by atoms with Gasteiger partial charge in [-0.15, -0.1) is 5.10 Å². The molecule has 2 unspecified atom stereocenters. The Kier molecular flexibility index (Phi) is 4.75. The zero-order chi connectivity index (χ0) is 17.1. The topological polar surface area (TPSA) is 82.4 Å². The van der Waals surface area contributed by atoms with Crippen LogP contribution in [0.4, 0.5) is 0 Å². The zero-order valence-corrected chi connectivity index (χ0v) is 14.0. The lowest BCUT2D eigenvalue weighted by Gasteiger charge is -2.35. The van der Waals surface area contributed by atoms with Crippen molar-refractivity contribution < 1.29 is 14.3 Å². The molecule has 8 nitrogen and oxygen atoms in total. The molecule has 0 spiro atoms. The molecule has 0 N–H and O–H groups in total. The van der Waals surface area contributed by atoms with Gasteiger partial charge in [0.05, 0.1) is 12.2 Å². The molecular formula is C16H21N5O3. The second-order valence-corrected chi connectivity index (χ2v) is 6.00. The van der Waals surface area contributed by atoms with E-state index in [4.69, 9.17) is 9.47 Å². The standard InChI is InChI=1S/C16H21N5O3/c1-11-8-21(9-12(2)24-11)16(22)13-4-6-14(7-5-13)23-10-15-17-18-19-20(15)3/h4-7,11-12H,8-10H2,1-3H3. The fourth-order valence-corrected chi connectivity index (χ4v) is 2.74. The Hall–Kier alpha value is -2.48. The predicted octanol–water partition coefficient (Wildman–Crippen LogP) is 1.04. The van der Waals surface area contributed by atoms with Crippen molar-refractivity contribution in [3.63, 3.8) is 0 Å². The number of amides is 1. The van der Waals surface area contributed by atoms with E-state index in [1.54, 1.807) is 36.0 Å². The fourth-order valence-electron chi connectivity index (χ4n) is 2.74. The molecule has 1 saturated heterocycles. The Bertz CT molecular complexity index is 690. The van der Waals surface area contributed by atoms with E-state index in [0.29, 0.717) is 30.2 Å². The SMILES string of the molecule is CC1CN(C(=O)c2ccc(OCc3nnnn3C)cc2)CC(C)O1. The first-order valence-electron chi connectivity index (χ1n) is 7.91. The number of morpholine rings is 1. The normalized spacial score (nSPS) is 20.9. The van der Waals surface area contributed by atoms with Crippen LogP contribution in [0, 0.1) is 0 Å². The van der Waals surface area contributed by atoms with Crippen molar-refractivity contribution in [1.29, 1.82) is 0 Å². The van der Waals surface area contributed by atoms with E-state index >= 15 is 0 Å². The van der Waals surface area contributed by atoms with E-state index in [2.05, 4.69) is 15.5 Å². The number of hydrogen-bond acceptors (Lipinski definition) is 6. The number of aromatic nitrogens is 4. The van der Waals surface area contributed by atoms with Gasteiger partial charge in [0.15, 0.2) is 5.82 Å². The van der Waals surface area contributed by atoms with Gasteiger partial charge in [0, 0.05) is 25.7 Å². The second kappa shape index (κ2) is 6.96. The molecule has 3 rings (SSSR count). The molecule has 2 atom stereocenters. The number of rotatable bonds is 4. The maximum Gasteiger partial charge on any atom is 0.254 e. The van der Waals surface area contributed by atoms with Crippen LogP contribution < -0.4 is 4.74 Å². The molecule has 8 heteroatoms. The van der Waals surface area contributed by atoms with Crippen LogP contribution in [-0.2, 0) is 18.4 Å². The quantitative estimate of drug-likeness (QED) is 0.832. The van der Waals surface area contributed by atoms with Crippen LogP contribution in [0.1, 0.15) is 30.0 Å². The molecule has 2 heterocycles. The van der Waals surface area contributed by atoms with Gasteiger partial charge in [-0.3, -0.25) is 4.79 Å². The number of hydrogen-bond donors (Lipinski definition) is 0. The lowest BCUT2D eigenvalue weighted by molar-refractivity contribution is -0.0586. The third kappa shape index (κ3) is 3.70. The van der Waals surface area contributed by atoms with E-state index in [0.717, 1.165) is 0 Å². The first-order chi connectivity index (χ1) is 11.5. The minimum atomic E-state index is 0.0149. The second-order valence-electron chi connectivity index (χ2n) is 6.00. The van der Waals surface area contributed by atoms with Crippen LogP contribution in [0.5, 0.6) is 5.75 Å². The Balaban J connectivity index is 1.61. The highest BCUT2D eigenvalue weighted by molar-refractivity contribution is 5.94. The molecule has 1 aliphatic rings. The molecule has 0 bridgehead atoms. The molecule has 0 saturated carbocycles. The summed E-state index contributed by atoms with van der Waals surface area (Å²) in [5.74, 6) is 1.31. The molecule has 1 fully saturated rings. The summed E-state index contributed by atoms with van der Waals surface area (Å²) in [6.07, 6.45) is 0.112. The van der Waals surface area contributed by atoms with Gasteiger partial charge in [-0.05, 0) is 48.5 Å². The third-order valence-corrected chi connectivity index (χ3v) is 3.88. The number of aryl methyl sites for hydroxylation is 1. The van der Waals surface area contributed by atoms with Gasteiger partial charge in [0.1, 0.15) is 12.4 Å². The smallest absolute Gasteiger partial charge is 0.254 e. The van der Waals surface area contributed by atoms with Gasteiger partial charge in [-0.1, -0.05) is 0 Å². The third-order valence-electron chi connectivity index (χ3n) is 3.88. The lowest BCUT2D eigenvalue weighted by atomic mass is 10.1. The molecule has 1 aliphatic heterocycles. The van der Waals surface area contributed by atoms with E-state index in [9.17, 15) is 4.79 Å². The molecule has 0 aliphatic carbocycles. The van der Waals surface area contributed by atoms with Crippen molar-refractivity contribution in [3.8, 4) is 5.75 Å². The summed E-state index contributed by atoms with van der Waals surface area (Å²) in [5.41, 5.74) is 0.643. The number of tetrazole rings is 1. The minimum absolute atomic E-state index is 0.0149. The Morgan fingerprint density at radius 2 is 1.92 bits per heavy atom. The van der Waals surface area contributed by atoms with Gasteiger partial charge in [0.25, 0.3) is 5.91 Å². The maximum atomic E-state index is 12.6. The lowest BCUT2D eigenvalue weighted by Crippen LogP contribution is -2.48. The van der Waals surface area contributed by atoms with Crippen molar-refractivity contribution in [2.24, 2.45) is 7.05 Å². The van der Waals surface area contributed by atoms with E-state index in [-0.39, 0.29) is 24.7 Å². The highest BCUT2D eigenvalue weighted by Crippen LogP contribution is 2.17. The van der Waals surface area contributed by atoms with Gasteiger partial charge >= 0.3 is 0 Å². The van der Waals surface area contributed by atoms with Crippen molar-refractivity contribution in [2.75, 3.05) is 13.1 Å². The summed E-state index contributed by atoms with van der Waals surface area (Å²) in [7, 11) is 1.75. The number of benzene rings is 1. The molecule has 1 amide bonds. The van der Waals surface area contributed by atoms with Crippen LogP contribution in [0.25, 0.3) is 0 Å². The van der Waals surface area contributed by atoms with E-state index in [1.165, 1.54) is 0 Å². The van der Waals surface area contributed by atoms with Crippen LogP contribution in [0.3, 0.4) is 0 Å². The summed E-state index contributed by atoms with van der Waals surface area (Å²) in [6, 6.07) is 7.11. The summed E-state index contributed by atoms with van der Waals surface area (Å²) in [4.78, 5) is 14.4. The Morgan fingerprint density at radius 1 is 1.25 bits per heavy atom. The van der Waals surface area contributed by atoms with Crippen molar-refractivity contribution in [3.05, 3.63) is 35.7 Å². The number of carbonyl (C=O) groups is 1. The summed E-state index contributed by atoms with van der Waals surface area (Å²) < 4.78 is 12.9. The average molecular weight is 331 g/mol. The number of ether oxygens (including phenoxy) is 2. The molecule has 2 aromatic rings. The molecule has 0 radical (unpaired) electrons. The Morgan fingerprint density at radius 3 is 2.50 bits per heavy atom. The fraction of sp³-hybridized carbons (Fsp3) is 0.500. The van der Waals surface area contributed by atoms with Crippen molar-refractivity contribution in [1.82, 2.24) is 25.1 Å². The van der Waals surface area contributed by atoms with Crippen LogP contribution in [-0.4, -0.2) is 56.3 Å². The zero-order valence-electron chi connectivity index (χ0n) is 14.0. The largest absolute Gasteiger partial charge is 0.486 e. The van der Waals surface area contributed by atoms with Crippen LogP contribution in [0.15, 0.2) is 24.3 Å². The van der Waals surface area contributed by atoms with Crippen molar-refractivity contribution >= 4 is 5.91 Å². The highest BCUT2D eigenvalue weighted by Gasteiger charge is 2.26. The first-order valence-corrected chi connectivity index (χ1v) is 7.91. The Labute approximate surface area is 140 Å². The molecule has 1 aromatic carbocycles. The maximum absolute atomic E-state index is 12.6.